The van der Waals surface area contributed by atoms with E-state index in [1.165, 1.54) is 64.2 Å². The molecule has 1 rings (SSSR count). The summed E-state index contributed by atoms with van der Waals surface area (Å²) in [6, 6.07) is 0. The molecule has 0 nitrogen and oxygen atoms in total. The fourth-order valence-corrected chi connectivity index (χ4v) is 3.77. The van der Waals surface area contributed by atoms with Gasteiger partial charge in [0, 0.05) is 0 Å². The molecule has 0 aromatic rings. The third-order valence-electron chi connectivity index (χ3n) is 5.72. The fourth-order valence-electron chi connectivity index (χ4n) is 3.77. The molecule has 108 valence electrons. The van der Waals surface area contributed by atoms with Crippen LogP contribution in [-0.2, 0) is 0 Å². The second-order valence-corrected chi connectivity index (χ2v) is 6.70. The van der Waals surface area contributed by atoms with Crippen LogP contribution in [0.2, 0.25) is 0 Å². The quantitative estimate of drug-likeness (QED) is 0.392. The summed E-state index contributed by atoms with van der Waals surface area (Å²) in [6.45, 7) is 9.52. The van der Waals surface area contributed by atoms with Crippen LogP contribution in [0.4, 0.5) is 0 Å². The molecule has 0 spiro atoms. The molecule has 0 N–H and O–H groups in total. The Morgan fingerprint density at radius 2 is 1.61 bits per heavy atom. The van der Waals surface area contributed by atoms with Crippen molar-refractivity contribution in [1.29, 1.82) is 0 Å². The molecule has 18 heavy (non-hydrogen) atoms. The van der Waals surface area contributed by atoms with Crippen LogP contribution in [-0.4, -0.2) is 0 Å². The van der Waals surface area contributed by atoms with Gasteiger partial charge in [-0.3, -0.25) is 0 Å². The van der Waals surface area contributed by atoms with Crippen molar-refractivity contribution in [3.8, 4) is 0 Å². The first-order valence-electron chi connectivity index (χ1n) is 8.72. The van der Waals surface area contributed by atoms with Gasteiger partial charge in [-0.1, -0.05) is 79.1 Å². The van der Waals surface area contributed by atoms with E-state index in [0.29, 0.717) is 0 Å². The Labute approximate surface area is 116 Å². The highest BCUT2D eigenvalue weighted by Crippen LogP contribution is 2.40. The van der Waals surface area contributed by atoms with Crippen LogP contribution in [0.15, 0.2) is 0 Å². The van der Waals surface area contributed by atoms with Crippen molar-refractivity contribution >= 4 is 0 Å². The smallest absolute Gasteiger partial charge is 0.0386 e. The van der Waals surface area contributed by atoms with Gasteiger partial charge in [0.25, 0.3) is 0 Å². The van der Waals surface area contributed by atoms with E-state index in [1.807, 2.05) is 0 Å². The monoisotopic (exact) mass is 252 g/mol. The molecule has 1 fully saturated rings. The Bertz CT molecular complexity index is 194. The summed E-state index contributed by atoms with van der Waals surface area (Å²) in [5, 5.41) is 0. The summed E-state index contributed by atoms with van der Waals surface area (Å²) in [4.78, 5) is 0. The largest absolute Gasteiger partial charge is 0.0651 e. The van der Waals surface area contributed by atoms with Gasteiger partial charge in [-0.2, -0.15) is 0 Å². The lowest BCUT2D eigenvalue weighted by Gasteiger charge is -2.36. The van der Waals surface area contributed by atoms with E-state index in [4.69, 9.17) is 0 Å². The number of unbranched alkanes of at least 4 members (excludes halogenated alkanes) is 2. The minimum Gasteiger partial charge on any atom is -0.0651 e. The molecule has 0 aromatic heterocycles. The first-order chi connectivity index (χ1) is 8.72. The average molecular weight is 252 g/mol. The lowest BCUT2D eigenvalue weighted by Crippen LogP contribution is -2.24. The maximum absolute atomic E-state index is 2.44. The maximum atomic E-state index is 2.44. The van der Waals surface area contributed by atoms with E-state index in [9.17, 15) is 0 Å². The third kappa shape index (κ3) is 4.94. The highest BCUT2D eigenvalue weighted by atomic mass is 14.3. The average Bonchev–Trinajstić information content (AvgIpc) is 2.36. The van der Waals surface area contributed by atoms with E-state index in [0.717, 1.165) is 23.7 Å². The van der Waals surface area contributed by atoms with E-state index in [-0.39, 0.29) is 0 Å². The molecular formula is C18H36. The van der Waals surface area contributed by atoms with Gasteiger partial charge in [0.15, 0.2) is 0 Å². The second-order valence-electron chi connectivity index (χ2n) is 6.70. The lowest BCUT2D eigenvalue weighted by atomic mass is 9.70. The molecule has 0 aromatic carbocycles. The zero-order valence-electron chi connectivity index (χ0n) is 13.4. The molecule has 0 heteroatoms. The van der Waals surface area contributed by atoms with Gasteiger partial charge in [-0.25, -0.2) is 0 Å². The Morgan fingerprint density at radius 1 is 0.889 bits per heavy atom. The van der Waals surface area contributed by atoms with Gasteiger partial charge in [-0.05, 0) is 36.5 Å². The lowest BCUT2D eigenvalue weighted by molar-refractivity contribution is 0.154. The van der Waals surface area contributed by atoms with Gasteiger partial charge >= 0.3 is 0 Å². The van der Waals surface area contributed by atoms with Crippen molar-refractivity contribution in [2.75, 3.05) is 0 Å². The molecule has 1 saturated carbocycles. The van der Waals surface area contributed by atoms with Crippen LogP contribution in [0.1, 0.15) is 91.9 Å². The maximum Gasteiger partial charge on any atom is -0.0386 e. The van der Waals surface area contributed by atoms with Crippen molar-refractivity contribution in [2.24, 2.45) is 23.7 Å². The minimum atomic E-state index is 0.936. The standard InChI is InChI=1S/C18H36/c1-5-15(4)16(6-2)11-9-8-10-12-18-14-13-17(18)7-3/h15-18H,5-14H2,1-4H3. The molecule has 0 aliphatic heterocycles. The predicted octanol–water partition coefficient (Wildman–Crippen LogP) is 6.45. The van der Waals surface area contributed by atoms with Crippen molar-refractivity contribution in [3.05, 3.63) is 0 Å². The Balaban J connectivity index is 2.00. The first-order valence-corrected chi connectivity index (χ1v) is 8.72. The van der Waals surface area contributed by atoms with Crippen molar-refractivity contribution in [3.63, 3.8) is 0 Å². The molecule has 0 heterocycles. The first kappa shape index (κ1) is 16.1. The number of hydrogen-bond donors (Lipinski definition) is 0. The van der Waals surface area contributed by atoms with Gasteiger partial charge in [0.1, 0.15) is 0 Å². The van der Waals surface area contributed by atoms with Gasteiger partial charge in [-0.15, -0.1) is 0 Å². The molecule has 4 unspecified atom stereocenters. The van der Waals surface area contributed by atoms with E-state index in [1.54, 1.807) is 0 Å². The summed E-state index contributed by atoms with van der Waals surface area (Å²) in [6.07, 6.45) is 14.7. The zero-order chi connectivity index (χ0) is 13.4. The normalized spacial score (nSPS) is 26.7. The predicted molar refractivity (Wildman–Crippen MR) is 82.8 cm³/mol. The molecule has 1 aliphatic carbocycles. The van der Waals surface area contributed by atoms with Crippen molar-refractivity contribution in [2.45, 2.75) is 91.9 Å². The topological polar surface area (TPSA) is 0 Å². The Morgan fingerprint density at radius 3 is 2.11 bits per heavy atom. The van der Waals surface area contributed by atoms with E-state index in [2.05, 4.69) is 27.7 Å². The summed E-state index contributed by atoms with van der Waals surface area (Å²) >= 11 is 0. The Hall–Kier alpha value is 0. The van der Waals surface area contributed by atoms with Crippen LogP contribution < -0.4 is 0 Å². The molecular weight excluding hydrogens is 216 g/mol. The van der Waals surface area contributed by atoms with Gasteiger partial charge < -0.3 is 0 Å². The fraction of sp³-hybridized carbons (Fsp3) is 1.00. The van der Waals surface area contributed by atoms with Crippen LogP contribution in [0.3, 0.4) is 0 Å². The summed E-state index contributed by atoms with van der Waals surface area (Å²) in [5.74, 6) is 4.12. The van der Waals surface area contributed by atoms with Crippen LogP contribution >= 0.6 is 0 Å². The highest BCUT2D eigenvalue weighted by molar-refractivity contribution is 4.79. The molecule has 4 atom stereocenters. The Kier molecular flexibility index (Phi) is 8.02. The van der Waals surface area contributed by atoms with E-state index < -0.39 is 0 Å². The molecule has 0 bridgehead atoms. The summed E-state index contributed by atoms with van der Waals surface area (Å²) < 4.78 is 0. The molecule has 1 aliphatic rings. The number of rotatable bonds is 10. The summed E-state index contributed by atoms with van der Waals surface area (Å²) in [7, 11) is 0. The van der Waals surface area contributed by atoms with Gasteiger partial charge in [0.05, 0.1) is 0 Å². The second kappa shape index (κ2) is 8.99. The molecule has 0 radical (unpaired) electrons. The minimum absolute atomic E-state index is 0.936. The SMILES string of the molecule is CCC(C)C(CC)CCCCCC1CCC1CC. The van der Waals surface area contributed by atoms with Crippen LogP contribution in [0.25, 0.3) is 0 Å². The third-order valence-corrected chi connectivity index (χ3v) is 5.72. The van der Waals surface area contributed by atoms with E-state index >= 15 is 0 Å². The van der Waals surface area contributed by atoms with Crippen molar-refractivity contribution < 1.29 is 0 Å². The number of hydrogen-bond acceptors (Lipinski definition) is 0. The van der Waals surface area contributed by atoms with Crippen LogP contribution in [0.5, 0.6) is 0 Å². The highest BCUT2D eigenvalue weighted by Gasteiger charge is 2.28. The molecule has 0 amide bonds. The molecule has 0 saturated heterocycles. The summed E-state index contributed by atoms with van der Waals surface area (Å²) in [5.41, 5.74) is 0. The zero-order valence-corrected chi connectivity index (χ0v) is 13.4. The van der Waals surface area contributed by atoms with Crippen LogP contribution in [0, 0.1) is 23.7 Å². The van der Waals surface area contributed by atoms with Gasteiger partial charge in [0.2, 0.25) is 0 Å². The van der Waals surface area contributed by atoms with Crippen molar-refractivity contribution in [1.82, 2.24) is 0 Å².